The lowest BCUT2D eigenvalue weighted by Gasteiger charge is -2.05. The molecule has 2 aromatic rings. The number of nitrogens with one attached hydrogen (secondary N) is 1. The molecule has 4 heteroatoms. The van der Waals surface area contributed by atoms with Crippen LogP contribution in [0.2, 0.25) is 0 Å². The third kappa shape index (κ3) is 2.52. The molecule has 0 saturated carbocycles. The maximum absolute atomic E-state index is 11.2. The minimum atomic E-state index is 0.0116. The Labute approximate surface area is 98.4 Å². The van der Waals surface area contributed by atoms with Crippen LogP contribution in [0.25, 0.3) is 0 Å². The molecule has 2 aromatic heterocycles. The predicted octanol–water partition coefficient (Wildman–Crippen LogP) is 2.37. The van der Waals surface area contributed by atoms with Gasteiger partial charge >= 0.3 is 0 Å². The van der Waals surface area contributed by atoms with Crippen molar-refractivity contribution in [3.05, 3.63) is 50.6 Å². The number of thiophene rings is 1. The summed E-state index contributed by atoms with van der Waals surface area (Å²) in [7, 11) is 1.75. The zero-order valence-electron chi connectivity index (χ0n) is 9.36. The quantitative estimate of drug-likeness (QED) is 0.884. The Kier molecular flexibility index (Phi) is 3.10. The van der Waals surface area contributed by atoms with Crippen molar-refractivity contribution in [3.8, 4) is 0 Å². The smallest absolute Gasteiger partial charge is 0.250 e. The Hall–Kier alpha value is -1.55. The Morgan fingerprint density at radius 2 is 2.12 bits per heavy atom. The van der Waals surface area contributed by atoms with Crippen LogP contribution in [-0.2, 0) is 13.6 Å². The molecule has 2 heterocycles. The van der Waals surface area contributed by atoms with Crippen LogP contribution in [0.15, 0.2) is 35.3 Å². The molecule has 3 nitrogen and oxygen atoms in total. The van der Waals surface area contributed by atoms with E-state index in [1.807, 2.05) is 12.3 Å². The average Bonchev–Trinajstić information content (AvgIpc) is 2.66. The molecule has 0 bridgehead atoms. The summed E-state index contributed by atoms with van der Waals surface area (Å²) in [5.74, 6) is 0. The predicted molar refractivity (Wildman–Crippen MR) is 68.1 cm³/mol. The van der Waals surface area contributed by atoms with E-state index in [4.69, 9.17) is 0 Å². The number of nitrogens with zero attached hydrogens (tertiary/aromatic N) is 1. The van der Waals surface area contributed by atoms with E-state index in [1.165, 1.54) is 9.75 Å². The number of hydrogen-bond donors (Lipinski definition) is 1. The first-order chi connectivity index (χ1) is 7.65. The number of anilines is 1. The Balaban J connectivity index is 2.05. The molecule has 0 atom stereocenters. The second-order valence-corrected chi connectivity index (χ2v) is 5.11. The van der Waals surface area contributed by atoms with Crippen molar-refractivity contribution < 1.29 is 0 Å². The zero-order chi connectivity index (χ0) is 11.5. The standard InChI is InChI=1S/C12H14N2OS/c1-9-3-5-11(16-9)7-13-10-4-6-12(15)14(2)8-10/h3-6,8,13H,7H2,1-2H3. The highest BCUT2D eigenvalue weighted by Gasteiger charge is 1.98. The maximum Gasteiger partial charge on any atom is 0.250 e. The Morgan fingerprint density at radius 1 is 1.31 bits per heavy atom. The third-order valence-electron chi connectivity index (χ3n) is 2.35. The lowest BCUT2D eigenvalue weighted by molar-refractivity contribution is 0.859. The van der Waals surface area contributed by atoms with Crippen LogP contribution in [0.1, 0.15) is 9.75 Å². The largest absolute Gasteiger partial charge is 0.379 e. The van der Waals surface area contributed by atoms with Gasteiger partial charge in [-0.3, -0.25) is 4.79 Å². The van der Waals surface area contributed by atoms with Crippen molar-refractivity contribution >= 4 is 17.0 Å². The highest BCUT2D eigenvalue weighted by molar-refractivity contribution is 7.11. The summed E-state index contributed by atoms with van der Waals surface area (Å²) in [6, 6.07) is 7.61. The fraction of sp³-hybridized carbons (Fsp3) is 0.250. The van der Waals surface area contributed by atoms with Crippen LogP contribution >= 0.6 is 11.3 Å². The van der Waals surface area contributed by atoms with Crippen molar-refractivity contribution in [2.45, 2.75) is 13.5 Å². The molecule has 0 amide bonds. The molecule has 0 unspecified atom stereocenters. The highest BCUT2D eigenvalue weighted by Crippen LogP contribution is 2.16. The van der Waals surface area contributed by atoms with Gasteiger partial charge in [0.15, 0.2) is 0 Å². The van der Waals surface area contributed by atoms with E-state index in [-0.39, 0.29) is 5.56 Å². The van der Waals surface area contributed by atoms with Crippen molar-refractivity contribution in [3.63, 3.8) is 0 Å². The molecule has 0 aliphatic carbocycles. The van der Waals surface area contributed by atoms with E-state index >= 15 is 0 Å². The number of pyridine rings is 1. The summed E-state index contributed by atoms with van der Waals surface area (Å²) >= 11 is 1.78. The van der Waals surface area contributed by atoms with Gasteiger partial charge in [-0.2, -0.15) is 0 Å². The molecule has 16 heavy (non-hydrogen) atoms. The molecule has 0 saturated heterocycles. The van der Waals surface area contributed by atoms with Crippen molar-refractivity contribution in [2.75, 3.05) is 5.32 Å². The van der Waals surface area contributed by atoms with Gasteiger partial charge in [-0.25, -0.2) is 0 Å². The Morgan fingerprint density at radius 3 is 2.75 bits per heavy atom. The average molecular weight is 234 g/mol. The first kappa shape index (κ1) is 11.0. The molecule has 0 spiro atoms. The van der Waals surface area contributed by atoms with Crippen LogP contribution in [0, 0.1) is 6.92 Å². The van der Waals surface area contributed by atoms with Gasteiger partial charge in [0.05, 0.1) is 5.69 Å². The van der Waals surface area contributed by atoms with E-state index in [0.717, 1.165) is 12.2 Å². The number of aromatic nitrogens is 1. The summed E-state index contributed by atoms with van der Waals surface area (Å²) in [4.78, 5) is 13.8. The molecule has 84 valence electrons. The molecule has 0 aliphatic heterocycles. The molecule has 0 radical (unpaired) electrons. The molecule has 0 aliphatic rings. The summed E-state index contributed by atoms with van der Waals surface area (Å²) in [5, 5.41) is 3.29. The van der Waals surface area contributed by atoms with E-state index in [1.54, 1.807) is 29.0 Å². The number of hydrogen-bond acceptors (Lipinski definition) is 3. The normalized spacial score (nSPS) is 10.4. The maximum atomic E-state index is 11.2. The minimum absolute atomic E-state index is 0.0116. The Bertz CT molecular complexity index is 542. The molecular weight excluding hydrogens is 220 g/mol. The van der Waals surface area contributed by atoms with Crippen molar-refractivity contribution in [1.29, 1.82) is 0 Å². The molecule has 2 rings (SSSR count). The van der Waals surface area contributed by atoms with Crippen LogP contribution < -0.4 is 10.9 Å². The number of rotatable bonds is 3. The van der Waals surface area contributed by atoms with E-state index in [0.29, 0.717) is 0 Å². The van der Waals surface area contributed by atoms with Gasteiger partial charge in [-0.15, -0.1) is 11.3 Å². The SMILES string of the molecule is Cc1ccc(CNc2ccc(=O)n(C)c2)s1. The first-order valence-corrected chi connectivity index (χ1v) is 5.93. The minimum Gasteiger partial charge on any atom is -0.379 e. The zero-order valence-corrected chi connectivity index (χ0v) is 10.2. The van der Waals surface area contributed by atoms with Crippen molar-refractivity contribution in [2.24, 2.45) is 7.05 Å². The lowest BCUT2D eigenvalue weighted by Crippen LogP contribution is -2.15. The fourth-order valence-electron chi connectivity index (χ4n) is 1.47. The first-order valence-electron chi connectivity index (χ1n) is 5.11. The van der Waals surface area contributed by atoms with Gasteiger partial charge in [-0.05, 0) is 25.1 Å². The second kappa shape index (κ2) is 4.53. The van der Waals surface area contributed by atoms with Gasteiger partial charge in [0.25, 0.3) is 0 Å². The second-order valence-electron chi connectivity index (χ2n) is 3.73. The van der Waals surface area contributed by atoms with Gasteiger partial charge < -0.3 is 9.88 Å². The van der Waals surface area contributed by atoms with Gasteiger partial charge in [0.2, 0.25) is 5.56 Å². The summed E-state index contributed by atoms with van der Waals surface area (Å²) in [6.07, 6.45) is 1.81. The lowest BCUT2D eigenvalue weighted by atomic mass is 10.4. The third-order valence-corrected chi connectivity index (χ3v) is 3.35. The molecular formula is C12H14N2OS. The summed E-state index contributed by atoms with van der Waals surface area (Å²) in [6.45, 7) is 2.90. The molecule has 0 fully saturated rings. The fourth-order valence-corrected chi connectivity index (χ4v) is 2.30. The summed E-state index contributed by atoms with van der Waals surface area (Å²) < 4.78 is 1.57. The molecule has 0 aromatic carbocycles. The van der Waals surface area contributed by atoms with E-state index < -0.39 is 0 Å². The van der Waals surface area contributed by atoms with E-state index in [9.17, 15) is 4.79 Å². The van der Waals surface area contributed by atoms with Crippen LogP contribution in [0.5, 0.6) is 0 Å². The molecule has 1 N–H and O–H groups in total. The van der Waals surface area contributed by atoms with E-state index in [2.05, 4.69) is 24.4 Å². The van der Waals surface area contributed by atoms with Gasteiger partial charge in [0.1, 0.15) is 0 Å². The van der Waals surface area contributed by atoms with Crippen molar-refractivity contribution in [1.82, 2.24) is 4.57 Å². The highest BCUT2D eigenvalue weighted by atomic mass is 32.1. The number of aryl methyl sites for hydroxylation is 2. The topological polar surface area (TPSA) is 34.0 Å². The van der Waals surface area contributed by atoms with Gasteiger partial charge in [0, 0.05) is 35.6 Å². The van der Waals surface area contributed by atoms with Gasteiger partial charge in [-0.1, -0.05) is 0 Å². The van der Waals surface area contributed by atoms with Crippen LogP contribution in [0.4, 0.5) is 5.69 Å². The summed E-state index contributed by atoms with van der Waals surface area (Å²) in [5.41, 5.74) is 0.977. The van der Waals surface area contributed by atoms with Crippen LogP contribution in [0.3, 0.4) is 0 Å². The monoisotopic (exact) mass is 234 g/mol. The van der Waals surface area contributed by atoms with Crippen LogP contribution in [-0.4, -0.2) is 4.57 Å².